The third-order valence-corrected chi connectivity index (χ3v) is 4.60. The summed E-state index contributed by atoms with van der Waals surface area (Å²) in [6.45, 7) is 1.22. The number of nitrogens with one attached hydrogen (secondary N) is 2. The number of thioether (sulfide) groups is 1. The van der Waals surface area contributed by atoms with Crippen molar-refractivity contribution in [2.75, 3.05) is 18.4 Å². The van der Waals surface area contributed by atoms with Crippen molar-refractivity contribution >= 4 is 53.3 Å². The lowest BCUT2D eigenvalue weighted by atomic mass is 10.2. The van der Waals surface area contributed by atoms with E-state index in [2.05, 4.69) is 10.6 Å². The van der Waals surface area contributed by atoms with E-state index in [-0.39, 0.29) is 30.6 Å². The Morgan fingerprint density at radius 3 is 2.91 bits per heavy atom. The molecule has 1 aliphatic rings. The molecule has 0 saturated carbocycles. The Morgan fingerprint density at radius 2 is 2.18 bits per heavy atom. The van der Waals surface area contributed by atoms with Gasteiger partial charge in [0.2, 0.25) is 11.8 Å². The quantitative estimate of drug-likeness (QED) is 0.677. The number of unbranched alkanes of at least 4 members (excludes halogenated alkanes) is 1. The molecule has 4 N–H and O–H groups in total. The molecule has 22 heavy (non-hydrogen) atoms. The van der Waals surface area contributed by atoms with Gasteiger partial charge in [-0.25, -0.2) is 0 Å². The van der Waals surface area contributed by atoms with Crippen LogP contribution in [0.15, 0.2) is 23.1 Å². The average Bonchev–Trinajstić information content (AvgIpc) is 2.45. The van der Waals surface area contributed by atoms with Crippen LogP contribution >= 0.6 is 35.8 Å². The molecule has 5 nitrogen and oxygen atoms in total. The van der Waals surface area contributed by atoms with Gasteiger partial charge in [-0.3, -0.25) is 9.59 Å². The second-order valence-corrected chi connectivity index (χ2v) is 6.47. The SMILES string of the molecule is Cl.NCCCCNC(=O)CC1Sc2ccc(Cl)cc2NC1=O. The smallest absolute Gasteiger partial charge is 0.238 e. The molecule has 2 amide bonds. The molecule has 0 bridgehead atoms. The number of benzene rings is 1. The van der Waals surface area contributed by atoms with E-state index in [1.807, 2.05) is 6.07 Å². The molecule has 1 atom stereocenters. The first kappa shape index (κ1) is 19.1. The Labute approximate surface area is 145 Å². The molecular weight excluding hydrogens is 345 g/mol. The number of fused-ring (bicyclic) bond motifs is 1. The van der Waals surface area contributed by atoms with Crippen LogP contribution < -0.4 is 16.4 Å². The maximum Gasteiger partial charge on any atom is 0.238 e. The summed E-state index contributed by atoms with van der Waals surface area (Å²) in [7, 11) is 0. The molecule has 1 aromatic carbocycles. The summed E-state index contributed by atoms with van der Waals surface area (Å²) in [5.41, 5.74) is 6.10. The van der Waals surface area contributed by atoms with Crippen molar-refractivity contribution in [2.24, 2.45) is 5.73 Å². The highest BCUT2D eigenvalue weighted by molar-refractivity contribution is 8.01. The zero-order valence-corrected chi connectivity index (χ0v) is 14.3. The van der Waals surface area contributed by atoms with Gasteiger partial charge in [0.25, 0.3) is 0 Å². The molecule has 1 aromatic rings. The van der Waals surface area contributed by atoms with Gasteiger partial charge in [0.15, 0.2) is 0 Å². The zero-order valence-electron chi connectivity index (χ0n) is 11.9. The number of carbonyl (C=O) groups is 2. The van der Waals surface area contributed by atoms with E-state index in [9.17, 15) is 9.59 Å². The molecule has 0 fully saturated rings. The molecule has 8 heteroatoms. The van der Waals surface area contributed by atoms with E-state index >= 15 is 0 Å². The van der Waals surface area contributed by atoms with Crippen LogP contribution in [-0.4, -0.2) is 30.2 Å². The molecule has 0 aliphatic carbocycles. The largest absolute Gasteiger partial charge is 0.356 e. The summed E-state index contributed by atoms with van der Waals surface area (Å²) in [6, 6.07) is 5.34. The van der Waals surface area contributed by atoms with Crippen LogP contribution in [0.25, 0.3) is 0 Å². The minimum Gasteiger partial charge on any atom is -0.356 e. The fraction of sp³-hybridized carbons (Fsp3) is 0.429. The molecule has 0 saturated heterocycles. The number of halogens is 2. The Hall–Kier alpha value is -0.950. The van der Waals surface area contributed by atoms with Crippen LogP contribution in [-0.2, 0) is 9.59 Å². The molecular formula is C14H19Cl2N3O2S. The summed E-state index contributed by atoms with van der Waals surface area (Å²) < 4.78 is 0. The van der Waals surface area contributed by atoms with Gasteiger partial charge in [-0.1, -0.05) is 11.6 Å². The van der Waals surface area contributed by atoms with E-state index in [0.717, 1.165) is 17.7 Å². The maximum absolute atomic E-state index is 12.0. The van der Waals surface area contributed by atoms with Crippen molar-refractivity contribution < 1.29 is 9.59 Å². The summed E-state index contributed by atoms with van der Waals surface area (Å²) >= 11 is 7.29. The molecule has 1 unspecified atom stereocenters. The number of carbonyl (C=O) groups excluding carboxylic acids is 2. The highest BCUT2D eigenvalue weighted by Gasteiger charge is 2.28. The average molecular weight is 364 g/mol. The number of amides is 2. The Kier molecular flexibility index (Phi) is 8.03. The number of rotatable bonds is 6. The zero-order chi connectivity index (χ0) is 15.2. The van der Waals surface area contributed by atoms with Gasteiger partial charge in [0, 0.05) is 22.9 Å². The molecule has 0 aromatic heterocycles. The van der Waals surface area contributed by atoms with Crippen LogP contribution in [0.2, 0.25) is 5.02 Å². The first-order chi connectivity index (χ1) is 10.1. The van der Waals surface area contributed by atoms with E-state index in [4.69, 9.17) is 17.3 Å². The van der Waals surface area contributed by atoms with Crippen molar-refractivity contribution in [1.82, 2.24) is 5.32 Å². The van der Waals surface area contributed by atoms with Crippen LogP contribution in [0.1, 0.15) is 19.3 Å². The van der Waals surface area contributed by atoms with Crippen LogP contribution in [0, 0.1) is 0 Å². The van der Waals surface area contributed by atoms with Gasteiger partial charge in [0.1, 0.15) is 0 Å². The lowest BCUT2D eigenvalue weighted by molar-refractivity contribution is -0.124. The number of hydrogen-bond donors (Lipinski definition) is 3. The lowest BCUT2D eigenvalue weighted by Gasteiger charge is -2.23. The normalized spacial score (nSPS) is 16.3. The summed E-state index contributed by atoms with van der Waals surface area (Å²) in [5.74, 6) is -0.274. The topological polar surface area (TPSA) is 84.2 Å². The van der Waals surface area contributed by atoms with Gasteiger partial charge in [0.05, 0.1) is 10.9 Å². The third-order valence-electron chi connectivity index (χ3n) is 3.08. The monoisotopic (exact) mass is 363 g/mol. The molecule has 0 radical (unpaired) electrons. The summed E-state index contributed by atoms with van der Waals surface area (Å²) in [6.07, 6.45) is 1.90. The first-order valence-electron chi connectivity index (χ1n) is 6.84. The van der Waals surface area contributed by atoms with E-state index in [1.165, 1.54) is 11.8 Å². The maximum atomic E-state index is 12.0. The minimum atomic E-state index is -0.409. The molecule has 0 spiro atoms. The number of nitrogens with two attached hydrogens (primary N) is 1. The standard InChI is InChI=1S/C14H18ClN3O2S.ClH/c15-9-3-4-11-10(7-9)18-14(20)12(21-11)8-13(19)17-6-2-1-5-16;/h3-4,7,12H,1-2,5-6,8,16H2,(H,17,19)(H,18,20);1H. The van der Waals surface area contributed by atoms with E-state index in [1.54, 1.807) is 12.1 Å². The van der Waals surface area contributed by atoms with Gasteiger partial charge < -0.3 is 16.4 Å². The molecule has 2 rings (SSSR count). The summed E-state index contributed by atoms with van der Waals surface area (Å²) in [5, 5.41) is 5.77. The Morgan fingerprint density at radius 1 is 1.41 bits per heavy atom. The van der Waals surface area contributed by atoms with Gasteiger partial charge in [-0.15, -0.1) is 24.2 Å². The first-order valence-corrected chi connectivity index (χ1v) is 8.09. The van der Waals surface area contributed by atoms with E-state index < -0.39 is 5.25 Å². The minimum absolute atomic E-state index is 0. The van der Waals surface area contributed by atoms with Crippen molar-refractivity contribution in [2.45, 2.75) is 29.4 Å². The molecule has 1 aliphatic heterocycles. The molecule has 1 heterocycles. The fourth-order valence-corrected chi connectivity index (χ4v) is 3.26. The van der Waals surface area contributed by atoms with Crippen LogP contribution in [0.5, 0.6) is 0 Å². The Bertz CT molecular complexity index is 543. The number of hydrogen-bond acceptors (Lipinski definition) is 4. The van der Waals surface area contributed by atoms with Crippen LogP contribution in [0.3, 0.4) is 0 Å². The van der Waals surface area contributed by atoms with E-state index in [0.29, 0.717) is 23.8 Å². The van der Waals surface area contributed by atoms with Crippen LogP contribution in [0.4, 0.5) is 5.69 Å². The summed E-state index contributed by atoms with van der Waals surface area (Å²) in [4.78, 5) is 24.8. The lowest BCUT2D eigenvalue weighted by Crippen LogP contribution is -2.35. The van der Waals surface area contributed by atoms with Crippen molar-refractivity contribution in [3.63, 3.8) is 0 Å². The Balaban J connectivity index is 0.00000242. The number of anilines is 1. The van der Waals surface area contributed by atoms with Crippen molar-refractivity contribution in [3.05, 3.63) is 23.2 Å². The predicted octanol–water partition coefficient (Wildman–Crippen LogP) is 2.42. The van der Waals surface area contributed by atoms with Gasteiger partial charge in [-0.05, 0) is 37.6 Å². The predicted molar refractivity (Wildman–Crippen MR) is 92.9 cm³/mol. The van der Waals surface area contributed by atoms with Gasteiger partial charge in [-0.2, -0.15) is 0 Å². The van der Waals surface area contributed by atoms with Crippen molar-refractivity contribution in [1.29, 1.82) is 0 Å². The second kappa shape index (κ2) is 9.25. The fourth-order valence-electron chi connectivity index (χ4n) is 1.99. The van der Waals surface area contributed by atoms with Crippen molar-refractivity contribution in [3.8, 4) is 0 Å². The second-order valence-electron chi connectivity index (χ2n) is 4.79. The highest BCUT2D eigenvalue weighted by atomic mass is 35.5. The third kappa shape index (κ3) is 5.35. The highest BCUT2D eigenvalue weighted by Crippen LogP contribution is 2.38. The van der Waals surface area contributed by atoms with Gasteiger partial charge >= 0.3 is 0 Å². The molecule has 122 valence electrons.